The molecule has 1 fully saturated rings. The van der Waals surface area contributed by atoms with Gasteiger partial charge < -0.3 is 10.6 Å². The molecular weight excluding hydrogens is 665 g/mol. The van der Waals surface area contributed by atoms with E-state index in [1.54, 1.807) is 0 Å². The Morgan fingerprint density at radius 2 is 1.13 bits per heavy atom. The third-order valence-corrected chi connectivity index (χ3v) is 10.5. The minimum atomic E-state index is -0.751. The van der Waals surface area contributed by atoms with E-state index >= 15 is 0 Å². The summed E-state index contributed by atoms with van der Waals surface area (Å²) in [6.07, 6.45) is 5.34. The number of rotatable bonds is 22. The third kappa shape index (κ3) is 13.2. The molecule has 0 heterocycles. The maximum Gasteiger partial charge on any atom is 0.224 e. The molecule has 1 saturated carbocycles. The van der Waals surface area contributed by atoms with E-state index in [-0.39, 0.29) is 47.1 Å². The fourth-order valence-electron chi connectivity index (χ4n) is 6.90. The van der Waals surface area contributed by atoms with Crippen molar-refractivity contribution in [2.24, 2.45) is 29.1 Å². The summed E-state index contributed by atoms with van der Waals surface area (Å²) >= 11 is 5.84. The molecule has 3 aromatic carbocycles. The van der Waals surface area contributed by atoms with E-state index in [2.05, 4.69) is 22.8 Å². The fraction of sp³-hybridized carbons (Fsp3) is 0.489. The van der Waals surface area contributed by atoms with Crippen molar-refractivity contribution in [3.63, 3.8) is 0 Å². The summed E-state index contributed by atoms with van der Waals surface area (Å²) in [5.41, 5.74) is 2.80. The van der Waals surface area contributed by atoms with Gasteiger partial charge in [-0.1, -0.05) is 138 Å². The van der Waals surface area contributed by atoms with Crippen molar-refractivity contribution < 1.29 is 19.2 Å². The molecule has 278 valence electrons. The first-order valence-electron chi connectivity index (χ1n) is 19.1. The Morgan fingerprint density at radius 3 is 1.67 bits per heavy atom. The van der Waals surface area contributed by atoms with Gasteiger partial charge in [0.05, 0.1) is 12.1 Å². The van der Waals surface area contributed by atoms with Crippen molar-refractivity contribution in [2.75, 3.05) is 0 Å². The minimum Gasteiger partial charge on any atom is -0.346 e. The van der Waals surface area contributed by atoms with E-state index in [0.717, 1.165) is 34.4 Å². The summed E-state index contributed by atoms with van der Waals surface area (Å²) in [7, 11) is 0. The zero-order valence-electron chi connectivity index (χ0n) is 31.7. The molecule has 1 aliphatic carbocycles. The van der Waals surface area contributed by atoms with Gasteiger partial charge in [0, 0.05) is 30.1 Å². The number of carbonyl (C=O) groups is 4. The Morgan fingerprint density at radius 1 is 0.654 bits per heavy atom. The molecule has 4 rings (SSSR count). The van der Waals surface area contributed by atoms with Crippen LogP contribution < -0.4 is 10.6 Å². The zero-order valence-corrected chi connectivity index (χ0v) is 32.6. The van der Waals surface area contributed by atoms with Gasteiger partial charge in [-0.25, -0.2) is 0 Å². The van der Waals surface area contributed by atoms with Crippen LogP contribution in [-0.4, -0.2) is 40.3 Å². The van der Waals surface area contributed by atoms with Crippen LogP contribution in [0.4, 0.5) is 0 Å². The van der Waals surface area contributed by atoms with E-state index < -0.39 is 23.9 Å². The molecule has 0 saturated heterocycles. The van der Waals surface area contributed by atoms with Gasteiger partial charge in [0.25, 0.3) is 0 Å². The van der Waals surface area contributed by atoms with Gasteiger partial charge in [-0.3, -0.25) is 19.2 Å². The average Bonchev–Trinajstić information content (AvgIpc) is 3.87. The van der Waals surface area contributed by atoms with E-state index in [4.69, 9.17) is 12.2 Å². The SMILES string of the molecule is CC(C)CC(NC(=O)C(CC(=O)[C@H](CC(C)C)NC(=O)[C@H](CCc1ccccc1)CC(=S)Cc1ccccc1)Cc1ccccc1)C(=O)C1(C)CC1. The highest BCUT2D eigenvalue weighted by Crippen LogP contribution is 2.47. The summed E-state index contributed by atoms with van der Waals surface area (Å²) in [5.74, 6) is -1.32. The highest BCUT2D eigenvalue weighted by atomic mass is 32.1. The maximum absolute atomic E-state index is 14.3. The van der Waals surface area contributed by atoms with Crippen LogP contribution in [0.1, 0.15) is 96.3 Å². The molecule has 0 radical (unpaired) electrons. The van der Waals surface area contributed by atoms with Crippen LogP contribution in [0.3, 0.4) is 0 Å². The van der Waals surface area contributed by atoms with Gasteiger partial charge in [0.15, 0.2) is 11.6 Å². The molecule has 2 amide bonds. The Kier molecular flexibility index (Phi) is 15.5. The first-order chi connectivity index (χ1) is 24.8. The van der Waals surface area contributed by atoms with Gasteiger partial charge in [0.1, 0.15) is 0 Å². The summed E-state index contributed by atoms with van der Waals surface area (Å²) < 4.78 is 0. The molecule has 2 unspecified atom stereocenters. The van der Waals surface area contributed by atoms with Crippen LogP contribution in [0.2, 0.25) is 0 Å². The van der Waals surface area contributed by atoms with Crippen LogP contribution in [0.5, 0.6) is 0 Å². The highest BCUT2D eigenvalue weighted by molar-refractivity contribution is 7.80. The Balaban J connectivity index is 1.53. The summed E-state index contributed by atoms with van der Waals surface area (Å²) in [6, 6.07) is 28.4. The van der Waals surface area contributed by atoms with E-state index in [0.29, 0.717) is 44.9 Å². The quantitative estimate of drug-likeness (QED) is 0.102. The third-order valence-electron chi connectivity index (χ3n) is 10.2. The lowest BCUT2D eigenvalue weighted by molar-refractivity contribution is -0.135. The second kappa shape index (κ2) is 19.8. The number of hydrogen-bond acceptors (Lipinski definition) is 5. The number of amides is 2. The predicted octanol–water partition coefficient (Wildman–Crippen LogP) is 8.49. The highest BCUT2D eigenvalue weighted by Gasteiger charge is 2.48. The summed E-state index contributed by atoms with van der Waals surface area (Å²) in [6.45, 7) is 10.1. The molecule has 3 aromatic rings. The van der Waals surface area contributed by atoms with Crippen LogP contribution in [0.15, 0.2) is 91.0 Å². The molecule has 52 heavy (non-hydrogen) atoms. The van der Waals surface area contributed by atoms with E-state index in [9.17, 15) is 19.2 Å². The predicted molar refractivity (Wildman–Crippen MR) is 214 cm³/mol. The zero-order chi connectivity index (χ0) is 37.7. The number of thiocarbonyl (C=S) groups is 1. The number of aryl methyl sites for hydroxylation is 1. The lowest BCUT2D eigenvalue weighted by Gasteiger charge is -2.27. The van der Waals surface area contributed by atoms with E-state index in [1.165, 1.54) is 0 Å². The van der Waals surface area contributed by atoms with Crippen molar-refractivity contribution in [1.82, 2.24) is 10.6 Å². The molecule has 0 spiro atoms. The van der Waals surface area contributed by atoms with Crippen molar-refractivity contribution >= 4 is 40.5 Å². The monoisotopic (exact) mass is 722 g/mol. The van der Waals surface area contributed by atoms with Crippen LogP contribution in [-0.2, 0) is 38.4 Å². The Bertz CT molecular complexity index is 1620. The van der Waals surface area contributed by atoms with Gasteiger partial charge >= 0.3 is 0 Å². The minimum absolute atomic E-state index is 0.0423. The molecule has 4 atom stereocenters. The molecule has 1 aliphatic rings. The summed E-state index contributed by atoms with van der Waals surface area (Å²) in [5, 5.41) is 6.23. The Labute approximate surface area is 316 Å². The van der Waals surface area contributed by atoms with Gasteiger partial charge in [0.2, 0.25) is 11.8 Å². The lowest BCUT2D eigenvalue weighted by Crippen LogP contribution is -2.49. The second-order valence-electron chi connectivity index (χ2n) is 16.0. The van der Waals surface area contributed by atoms with E-state index in [1.807, 2.05) is 113 Å². The molecule has 7 heteroatoms. The fourth-order valence-corrected chi connectivity index (χ4v) is 7.27. The summed E-state index contributed by atoms with van der Waals surface area (Å²) in [4.78, 5) is 56.8. The van der Waals surface area contributed by atoms with Gasteiger partial charge in [-0.05, 0) is 84.8 Å². The number of hydrogen-bond donors (Lipinski definition) is 2. The molecule has 0 aliphatic heterocycles. The van der Waals surface area contributed by atoms with Crippen molar-refractivity contribution in [3.8, 4) is 0 Å². The first kappa shape index (κ1) is 40.8. The van der Waals surface area contributed by atoms with Crippen molar-refractivity contribution in [3.05, 3.63) is 108 Å². The first-order valence-corrected chi connectivity index (χ1v) is 19.5. The molecule has 0 aromatic heterocycles. The normalized spacial score (nSPS) is 15.7. The smallest absolute Gasteiger partial charge is 0.224 e. The topological polar surface area (TPSA) is 92.3 Å². The van der Waals surface area contributed by atoms with Crippen LogP contribution >= 0.6 is 12.2 Å². The van der Waals surface area contributed by atoms with Crippen molar-refractivity contribution in [1.29, 1.82) is 0 Å². The van der Waals surface area contributed by atoms with Crippen LogP contribution in [0, 0.1) is 29.1 Å². The molecular formula is C45H58N2O4S. The Hall–Kier alpha value is -3.97. The van der Waals surface area contributed by atoms with Crippen LogP contribution in [0.25, 0.3) is 0 Å². The number of Topliss-reactive ketones (excluding diaryl/α,β-unsaturated/α-hetero) is 2. The van der Waals surface area contributed by atoms with Gasteiger partial charge in [-0.15, -0.1) is 0 Å². The number of benzene rings is 3. The number of nitrogens with one attached hydrogen (secondary N) is 2. The molecule has 0 bridgehead atoms. The van der Waals surface area contributed by atoms with Crippen molar-refractivity contribution in [2.45, 2.75) is 111 Å². The average molecular weight is 723 g/mol. The lowest BCUT2D eigenvalue weighted by atomic mass is 9.87. The molecule has 6 nitrogen and oxygen atoms in total. The van der Waals surface area contributed by atoms with Gasteiger partial charge in [-0.2, -0.15) is 0 Å². The maximum atomic E-state index is 14.3. The largest absolute Gasteiger partial charge is 0.346 e. The number of carbonyl (C=O) groups excluding carboxylic acids is 4. The second-order valence-corrected chi connectivity index (χ2v) is 16.6. The molecule has 2 N–H and O–H groups in total. The number of ketones is 2. The standard InChI is InChI=1S/C45H58N2O4S/c1-31(2)25-39(46-43(50)36(22-21-33-15-9-6-10-16-33)29-38(52)28-35-19-13-8-14-20-35)41(48)30-37(27-34-17-11-7-12-18-34)44(51)47-40(26-32(3)4)42(49)45(5)23-24-45/h6-20,31-32,36-37,39-40H,21-30H2,1-5H3,(H,46,50)(H,47,51)/t36-,37?,39+,40?/m1/s1.